The Morgan fingerprint density at radius 2 is 1.96 bits per heavy atom. The number of fused-ring (bicyclic) bond motifs is 4. The number of hydrogen-bond donors (Lipinski definition) is 2. The zero-order valence-electron chi connectivity index (χ0n) is 15.2. The third-order valence-corrected chi connectivity index (χ3v) is 6.44. The number of aliphatic carboxylic acids is 1. The normalized spacial score (nSPS) is 26.6. The van der Waals surface area contributed by atoms with Crippen molar-refractivity contribution in [3.05, 3.63) is 36.2 Å². The number of aromatic nitrogens is 5. The molecule has 0 radical (unpaired) electrons. The molecule has 28 heavy (non-hydrogen) atoms. The number of carboxylic acid groups (broad SMARTS) is 1. The van der Waals surface area contributed by atoms with Crippen LogP contribution in [-0.4, -0.2) is 36.2 Å². The van der Waals surface area contributed by atoms with E-state index in [4.69, 9.17) is 0 Å². The molecule has 3 heterocycles. The number of pyridine rings is 1. The maximum Gasteiger partial charge on any atom is 0.307 e. The predicted molar refractivity (Wildman–Crippen MR) is 98.6 cm³/mol. The number of hydrogen-bond acceptors (Lipinski definition) is 5. The summed E-state index contributed by atoms with van der Waals surface area (Å²) in [5.41, 5.74) is 2.30. The van der Waals surface area contributed by atoms with Crippen LogP contribution >= 0.6 is 0 Å². The van der Waals surface area contributed by atoms with E-state index in [-0.39, 0.29) is 17.8 Å². The van der Waals surface area contributed by atoms with Gasteiger partial charge in [-0.1, -0.05) is 0 Å². The Balaban J connectivity index is 1.47. The fraction of sp³-hybridized carbons (Fsp3) is 0.450. The lowest BCUT2D eigenvalue weighted by Crippen LogP contribution is -2.45. The van der Waals surface area contributed by atoms with E-state index in [1.807, 2.05) is 0 Å². The second kappa shape index (κ2) is 6.61. The highest BCUT2D eigenvalue weighted by Crippen LogP contribution is 2.50. The van der Waals surface area contributed by atoms with Gasteiger partial charge in [-0.2, -0.15) is 5.10 Å². The molecule has 7 nitrogen and oxygen atoms in total. The van der Waals surface area contributed by atoms with Crippen molar-refractivity contribution in [3.8, 4) is 11.4 Å². The van der Waals surface area contributed by atoms with Crippen molar-refractivity contribution >= 4 is 17.0 Å². The third-order valence-electron chi connectivity index (χ3n) is 6.44. The number of carbonyl (C=O) groups is 1. The van der Waals surface area contributed by atoms with Gasteiger partial charge >= 0.3 is 5.97 Å². The molecular weight excluding hydrogens is 361 g/mol. The van der Waals surface area contributed by atoms with Crippen LogP contribution in [0.25, 0.3) is 22.4 Å². The smallest absolute Gasteiger partial charge is 0.307 e. The summed E-state index contributed by atoms with van der Waals surface area (Å²) in [4.78, 5) is 24.8. The lowest BCUT2D eigenvalue weighted by Gasteiger charge is -2.46. The van der Waals surface area contributed by atoms with E-state index in [2.05, 4.69) is 25.1 Å². The lowest BCUT2D eigenvalue weighted by molar-refractivity contribution is -0.152. The van der Waals surface area contributed by atoms with Gasteiger partial charge in [-0.25, -0.2) is 14.4 Å². The summed E-state index contributed by atoms with van der Waals surface area (Å²) in [7, 11) is 0. The molecule has 144 valence electrons. The predicted octanol–water partition coefficient (Wildman–Crippen LogP) is 3.23. The maximum atomic E-state index is 13.6. The maximum absolute atomic E-state index is 13.6. The van der Waals surface area contributed by atoms with Crippen molar-refractivity contribution in [2.45, 2.75) is 32.1 Å². The minimum absolute atomic E-state index is 0.0900. The molecule has 6 rings (SSSR count). The second-order valence-electron chi connectivity index (χ2n) is 7.93. The van der Waals surface area contributed by atoms with E-state index in [0.717, 1.165) is 37.6 Å². The zero-order chi connectivity index (χ0) is 19.3. The summed E-state index contributed by atoms with van der Waals surface area (Å²) < 4.78 is 13.6. The Labute approximate surface area is 160 Å². The number of nitrogens with zero attached hydrogens (tertiary/aromatic N) is 4. The molecule has 0 amide bonds. The van der Waals surface area contributed by atoms with Gasteiger partial charge in [0.05, 0.1) is 35.1 Å². The highest BCUT2D eigenvalue weighted by molar-refractivity contribution is 5.89. The van der Waals surface area contributed by atoms with Gasteiger partial charge in [0, 0.05) is 6.20 Å². The molecule has 0 unspecified atom stereocenters. The van der Waals surface area contributed by atoms with Crippen LogP contribution < -0.4 is 0 Å². The van der Waals surface area contributed by atoms with Crippen LogP contribution in [0.4, 0.5) is 4.39 Å². The van der Waals surface area contributed by atoms with Gasteiger partial charge in [0.2, 0.25) is 0 Å². The minimum Gasteiger partial charge on any atom is -0.481 e. The molecule has 0 aliphatic heterocycles. The van der Waals surface area contributed by atoms with Crippen molar-refractivity contribution < 1.29 is 14.3 Å². The molecule has 3 saturated carbocycles. The SMILES string of the molecule is O=C(O)[C@@H]1C2CCC(CC2)[C@H]1Cc1cncc(-c2[nH]nc3ncc(F)cc23)n1. The molecule has 0 saturated heterocycles. The Hall–Kier alpha value is -2.90. The fourth-order valence-electron chi connectivity index (χ4n) is 5.19. The van der Waals surface area contributed by atoms with Gasteiger partial charge in [0.25, 0.3) is 0 Å². The first-order valence-electron chi connectivity index (χ1n) is 9.64. The van der Waals surface area contributed by atoms with Crippen molar-refractivity contribution in [2.75, 3.05) is 0 Å². The molecule has 3 aromatic heterocycles. The summed E-state index contributed by atoms with van der Waals surface area (Å²) in [5, 5.41) is 17.3. The van der Waals surface area contributed by atoms with E-state index in [9.17, 15) is 14.3 Å². The van der Waals surface area contributed by atoms with Crippen LogP contribution in [0.5, 0.6) is 0 Å². The molecule has 0 spiro atoms. The summed E-state index contributed by atoms with van der Waals surface area (Å²) in [6.07, 6.45) is 9.25. The molecule has 8 heteroatoms. The molecular formula is C20H20FN5O2. The first kappa shape index (κ1) is 17.2. The Morgan fingerprint density at radius 3 is 2.75 bits per heavy atom. The Kier molecular flexibility index (Phi) is 4.07. The van der Waals surface area contributed by atoms with E-state index in [0.29, 0.717) is 34.8 Å². The van der Waals surface area contributed by atoms with Crippen LogP contribution in [0.2, 0.25) is 0 Å². The van der Waals surface area contributed by atoms with Crippen molar-refractivity contribution in [1.29, 1.82) is 0 Å². The molecule has 2 atom stereocenters. The van der Waals surface area contributed by atoms with Crippen LogP contribution in [0.1, 0.15) is 31.4 Å². The Morgan fingerprint density at radius 1 is 1.18 bits per heavy atom. The average Bonchev–Trinajstić information content (AvgIpc) is 3.12. The van der Waals surface area contributed by atoms with Crippen LogP contribution in [0, 0.1) is 29.5 Å². The highest BCUT2D eigenvalue weighted by atomic mass is 19.1. The third kappa shape index (κ3) is 2.83. The molecule has 3 aliphatic rings. The Bertz CT molecular complexity index is 1040. The van der Waals surface area contributed by atoms with E-state index >= 15 is 0 Å². The molecule has 3 aromatic rings. The number of H-pyrrole nitrogens is 1. The fourth-order valence-corrected chi connectivity index (χ4v) is 5.19. The zero-order valence-corrected chi connectivity index (χ0v) is 15.2. The molecule has 0 aromatic carbocycles. The molecule has 2 bridgehead atoms. The van der Waals surface area contributed by atoms with Gasteiger partial charge in [-0.05, 0) is 55.9 Å². The van der Waals surface area contributed by atoms with E-state index in [1.54, 1.807) is 12.4 Å². The minimum atomic E-state index is -0.690. The van der Waals surface area contributed by atoms with Crippen LogP contribution in [0.15, 0.2) is 24.7 Å². The van der Waals surface area contributed by atoms with Crippen molar-refractivity contribution in [2.24, 2.45) is 23.7 Å². The van der Waals surface area contributed by atoms with Crippen molar-refractivity contribution in [1.82, 2.24) is 25.1 Å². The number of nitrogens with one attached hydrogen (secondary N) is 1. The van der Waals surface area contributed by atoms with E-state index < -0.39 is 11.8 Å². The van der Waals surface area contributed by atoms with Gasteiger partial charge in [-0.3, -0.25) is 14.9 Å². The van der Waals surface area contributed by atoms with Gasteiger partial charge < -0.3 is 5.11 Å². The number of rotatable bonds is 4. The topological polar surface area (TPSA) is 105 Å². The molecule has 3 aliphatic carbocycles. The van der Waals surface area contributed by atoms with Gasteiger partial charge in [0.1, 0.15) is 11.5 Å². The van der Waals surface area contributed by atoms with Gasteiger partial charge in [0.15, 0.2) is 5.65 Å². The summed E-state index contributed by atoms with van der Waals surface area (Å²) in [5.74, 6) is -0.639. The highest BCUT2D eigenvalue weighted by Gasteiger charge is 2.47. The summed E-state index contributed by atoms with van der Waals surface area (Å²) >= 11 is 0. The quantitative estimate of drug-likeness (QED) is 0.719. The first-order chi connectivity index (χ1) is 13.6. The van der Waals surface area contributed by atoms with Crippen LogP contribution in [-0.2, 0) is 11.2 Å². The standard InChI is InChI=1S/C20H20FN5O2/c21-12-5-15-18(25-26-19(15)23-7-12)16-9-22-8-13(24-16)6-14-10-1-3-11(4-2-10)17(14)20(27)28/h5,7-11,14,17H,1-4,6H2,(H,27,28)(H,23,25,26)/t10?,11?,14-,17-/m1/s1. The monoisotopic (exact) mass is 381 g/mol. The van der Waals surface area contributed by atoms with E-state index in [1.165, 1.54) is 6.07 Å². The van der Waals surface area contributed by atoms with Gasteiger partial charge in [-0.15, -0.1) is 0 Å². The molecule has 2 N–H and O–H groups in total. The summed E-state index contributed by atoms with van der Waals surface area (Å²) in [6.45, 7) is 0. The second-order valence-corrected chi connectivity index (χ2v) is 7.93. The van der Waals surface area contributed by atoms with Crippen molar-refractivity contribution in [3.63, 3.8) is 0 Å². The number of aromatic amines is 1. The number of carboxylic acids is 1. The summed E-state index contributed by atoms with van der Waals surface area (Å²) in [6, 6.07) is 1.37. The van der Waals surface area contributed by atoms with Crippen LogP contribution in [0.3, 0.4) is 0 Å². The average molecular weight is 381 g/mol. The molecule has 3 fully saturated rings. The number of halogens is 1. The first-order valence-corrected chi connectivity index (χ1v) is 9.64. The largest absolute Gasteiger partial charge is 0.481 e. The lowest BCUT2D eigenvalue weighted by atomic mass is 9.57.